The van der Waals surface area contributed by atoms with Crippen LogP contribution in [0.5, 0.6) is 5.75 Å². The Morgan fingerprint density at radius 1 is 1.02 bits per heavy atom. The number of hydrogen-bond donors (Lipinski definition) is 2. The molecule has 0 radical (unpaired) electrons. The van der Waals surface area contributed by atoms with Crippen LogP contribution in [0.4, 0.5) is 10.5 Å². The van der Waals surface area contributed by atoms with Gasteiger partial charge in [0.05, 0.1) is 12.3 Å². The minimum Gasteiger partial charge on any atom is -0.494 e. The van der Waals surface area contributed by atoms with E-state index in [1.165, 1.54) is 11.3 Å². The molecule has 1 saturated heterocycles. The smallest absolute Gasteiger partial charge is 0.325 e. The molecule has 2 heterocycles. The highest BCUT2D eigenvalue weighted by atomic mass is 16.5. The molecule has 0 spiro atoms. The molecule has 0 aromatic heterocycles. The molecule has 2 N–H and O–H groups in total. The van der Waals surface area contributed by atoms with Gasteiger partial charge in [0, 0.05) is 46.2 Å². The first-order valence-corrected chi connectivity index (χ1v) is 13.7. The number of nitrogens with zero attached hydrogens (tertiary/aromatic N) is 4. The topological polar surface area (TPSA) is 116 Å². The third kappa shape index (κ3) is 8.70. The number of esters is 1. The number of fused-ring (bicyclic) bond motifs is 1. The zero-order chi connectivity index (χ0) is 28.3. The Balaban J connectivity index is 1.33. The lowest BCUT2D eigenvalue weighted by atomic mass is 10.1. The quantitative estimate of drug-likeness (QED) is 0.345. The van der Waals surface area contributed by atoms with Crippen molar-refractivity contribution in [2.75, 3.05) is 40.3 Å². The van der Waals surface area contributed by atoms with Gasteiger partial charge in [-0.1, -0.05) is 42.8 Å². The number of guanidine groups is 1. The zero-order valence-electron chi connectivity index (χ0n) is 23.2. The number of piperidine rings is 1. The fourth-order valence-corrected chi connectivity index (χ4v) is 4.38. The fraction of sp³-hybridized carbons (Fsp3) is 0.448. The van der Waals surface area contributed by atoms with Crippen molar-refractivity contribution >= 4 is 29.6 Å². The van der Waals surface area contributed by atoms with Gasteiger partial charge in [0.25, 0.3) is 0 Å². The van der Waals surface area contributed by atoms with Crippen molar-refractivity contribution in [3.63, 3.8) is 0 Å². The second-order valence-electron chi connectivity index (χ2n) is 10.1. The van der Waals surface area contributed by atoms with Crippen molar-refractivity contribution in [1.82, 2.24) is 25.6 Å². The molecule has 2 aliphatic heterocycles. The summed E-state index contributed by atoms with van der Waals surface area (Å²) < 4.78 is 11.3. The normalized spacial score (nSPS) is 14.9. The van der Waals surface area contributed by atoms with E-state index in [9.17, 15) is 14.4 Å². The predicted molar refractivity (Wildman–Crippen MR) is 151 cm³/mol. The lowest BCUT2D eigenvalue weighted by molar-refractivity contribution is -0.145. The highest BCUT2D eigenvalue weighted by Crippen LogP contribution is 2.30. The molecule has 2 aromatic carbocycles. The molecule has 11 nitrogen and oxygen atoms in total. The highest BCUT2D eigenvalue weighted by molar-refractivity contribution is 5.99. The SMILES string of the molecule is CN(C)C(=O)NC1=Nc2cc(OCCCC(=O)NN3CCCCC3)ccc2CN1CC(=O)OCc1ccccc1. The maximum absolute atomic E-state index is 12.6. The molecule has 0 atom stereocenters. The van der Waals surface area contributed by atoms with Crippen LogP contribution in [0, 0.1) is 0 Å². The molecule has 40 heavy (non-hydrogen) atoms. The van der Waals surface area contributed by atoms with E-state index in [0.29, 0.717) is 37.4 Å². The second-order valence-corrected chi connectivity index (χ2v) is 10.1. The van der Waals surface area contributed by atoms with Crippen molar-refractivity contribution < 1.29 is 23.9 Å². The van der Waals surface area contributed by atoms with Gasteiger partial charge >= 0.3 is 12.0 Å². The Labute approximate surface area is 235 Å². The van der Waals surface area contributed by atoms with E-state index in [4.69, 9.17) is 9.47 Å². The number of urea groups is 1. The second kappa shape index (κ2) is 14.3. The average molecular weight is 551 g/mol. The number of hydrogen-bond acceptors (Lipinski definition) is 8. The van der Waals surface area contributed by atoms with Gasteiger partial charge in [0.2, 0.25) is 11.9 Å². The van der Waals surface area contributed by atoms with Crippen LogP contribution in [-0.2, 0) is 27.5 Å². The molecule has 1 fully saturated rings. The number of nitrogens with one attached hydrogen (secondary N) is 2. The third-order valence-corrected chi connectivity index (χ3v) is 6.59. The third-order valence-electron chi connectivity index (χ3n) is 6.59. The number of aliphatic imine (C=N–C) groups is 1. The van der Waals surface area contributed by atoms with Crippen LogP contribution in [0.2, 0.25) is 0 Å². The lowest BCUT2D eigenvalue weighted by Gasteiger charge is -2.30. The number of carbonyl (C=O) groups is 3. The number of rotatable bonds is 10. The Morgan fingerprint density at radius 2 is 1.80 bits per heavy atom. The standard InChI is InChI=1S/C29H38N6O5/c1-33(2)29(38)31-28-30-25-18-24(39-17-9-12-26(36)32-35-15-7-4-8-16-35)14-13-23(25)19-34(28)20-27(37)40-21-22-10-5-3-6-11-22/h3,5-6,10-11,13-14,18H,4,7-9,12,15-17,19-21H2,1-2H3,(H,32,36)(H,30,31,38). The molecular formula is C29H38N6O5. The van der Waals surface area contributed by atoms with Crippen LogP contribution in [0.1, 0.15) is 43.2 Å². The molecule has 214 valence electrons. The summed E-state index contributed by atoms with van der Waals surface area (Å²) in [5.41, 5.74) is 5.38. The zero-order valence-corrected chi connectivity index (χ0v) is 23.2. The fourth-order valence-electron chi connectivity index (χ4n) is 4.38. The van der Waals surface area contributed by atoms with Crippen LogP contribution in [-0.4, -0.2) is 79.0 Å². The van der Waals surface area contributed by atoms with E-state index >= 15 is 0 Å². The van der Waals surface area contributed by atoms with E-state index in [1.807, 2.05) is 47.5 Å². The Bertz CT molecular complexity index is 1200. The Kier molecular flexibility index (Phi) is 10.3. The first kappa shape index (κ1) is 28.9. The monoisotopic (exact) mass is 550 g/mol. The number of benzene rings is 2. The number of ether oxygens (including phenoxy) is 2. The molecule has 0 bridgehead atoms. The number of carbonyl (C=O) groups excluding carboxylic acids is 3. The number of hydrazine groups is 1. The Hall–Kier alpha value is -4.12. The van der Waals surface area contributed by atoms with Gasteiger partial charge in [0.1, 0.15) is 18.9 Å². The minimum absolute atomic E-state index is 0.00389. The van der Waals surface area contributed by atoms with Gasteiger partial charge in [-0.2, -0.15) is 0 Å². The minimum atomic E-state index is -0.427. The van der Waals surface area contributed by atoms with Crippen molar-refractivity contribution in [2.45, 2.75) is 45.3 Å². The van der Waals surface area contributed by atoms with E-state index < -0.39 is 5.97 Å². The van der Waals surface area contributed by atoms with E-state index in [1.54, 1.807) is 25.1 Å². The molecule has 11 heteroatoms. The highest BCUT2D eigenvalue weighted by Gasteiger charge is 2.25. The summed E-state index contributed by atoms with van der Waals surface area (Å²) in [6, 6.07) is 14.6. The Morgan fingerprint density at radius 3 is 2.55 bits per heavy atom. The van der Waals surface area contributed by atoms with Gasteiger partial charge in [-0.25, -0.2) is 14.8 Å². The summed E-state index contributed by atoms with van der Waals surface area (Å²) in [5, 5.41) is 4.77. The molecular weight excluding hydrogens is 512 g/mol. The summed E-state index contributed by atoms with van der Waals surface area (Å²) in [7, 11) is 3.26. The summed E-state index contributed by atoms with van der Waals surface area (Å²) in [5.74, 6) is 0.454. The van der Waals surface area contributed by atoms with E-state index in [-0.39, 0.29) is 31.0 Å². The molecule has 0 aliphatic carbocycles. The van der Waals surface area contributed by atoms with Crippen molar-refractivity contribution in [3.8, 4) is 5.75 Å². The van der Waals surface area contributed by atoms with Crippen molar-refractivity contribution in [1.29, 1.82) is 0 Å². The van der Waals surface area contributed by atoms with Gasteiger partial charge in [-0.3, -0.25) is 20.3 Å². The predicted octanol–water partition coefficient (Wildman–Crippen LogP) is 3.18. The van der Waals surface area contributed by atoms with Crippen LogP contribution in [0.15, 0.2) is 53.5 Å². The summed E-state index contributed by atoms with van der Waals surface area (Å²) >= 11 is 0. The van der Waals surface area contributed by atoms with Crippen LogP contribution >= 0.6 is 0 Å². The van der Waals surface area contributed by atoms with E-state index in [0.717, 1.165) is 37.1 Å². The first-order chi connectivity index (χ1) is 19.4. The molecule has 3 amide bonds. The first-order valence-electron chi connectivity index (χ1n) is 13.7. The summed E-state index contributed by atoms with van der Waals surface area (Å²) in [6.45, 7) is 2.65. The summed E-state index contributed by atoms with van der Waals surface area (Å²) in [4.78, 5) is 45.0. The van der Waals surface area contributed by atoms with Crippen LogP contribution in [0.3, 0.4) is 0 Å². The van der Waals surface area contributed by atoms with Gasteiger partial charge in [0.15, 0.2) is 0 Å². The molecule has 2 aliphatic rings. The summed E-state index contributed by atoms with van der Waals surface area (Å²) in [6.07, 6.45) is 4.41. The average Bonchev–Trinajstić information content (AvgIpc) is 2.95. The van der Waals surface area contributed by atoms with Gasteiger partial charge < -0.3 is 19.3 Å². The molecule has 2 aromatic rings. The van der Waals surface area contributed by atoms with Gasteiger partial charge in [-0.15, -0.1) is 0 Å². The van der Waals surface area contributed by atoms with Crippen LogP contribution < -0.4 is 15.5 Å². The van der Waals surface area contributed by atoms with Gasteiger partial charge in [-0.05, 0) is 36.5 Å². The molecule has 0 saturated carbocycles. The lowest BCUT2D eigenvalue weighted by Crippen LogP contribution is -2.49. The van der Waals surface area contributed by atoms with Crippen molar-refractivity contribution in [2.24, 2.45) is 4.99 Å². The molecule has 4 rings (SSSR count). The van der Waals surface area contributed by atoms with Crippen molar-refractivity contribution in [3.05, 3.63) is 59.7 Å². The largest absolute Gasteiger partial charge is 0.494 e. The van der Waals surface area contributed by atoms with E-state index in [2.05, 4.69) is 15.7 Å². The molecule has 0 unspecified atom stereocenters. The number of amides is 3. The van der Waals surface area contributed by atoms with Crippen LogP contribution in [0.25, 0.3) is 0 Å². The maximum Gasteiger partial charge on any atom is 0.325 e. The maximum atomic E-state index is 12.6.